The molecular weight excluding hydrogens is 315 g/mol. The van der Waals surface area contributed by atoms with Gasteiger partial charge in [0.25, 0.3) is 0 Å². The lowest BCUT2D eigenvalue weighted by Gasteiger charge is -2.05. The lowest BCUT2D eigenvalue weighted by Crippen LogP contribution is -3.00. The molecular formula is C15H13Cl3N2. The van der Waals surface area contributed by atoms with Crippen LogP contribution in [0.2, 0.25) is 10.0 Å². The molecule has 2 aromatic carbocycles. The number of halogens is 3. The maximum absolute atomic E-state index is 5.91. The molecule has 2 nitrogen and oxygen atoms in total. The van der Waals surface area contributed by atoms with Gasteiger partial charge in [-0.2, -0.15) is 0 Å². The molecule has 1 aliphatic heterocycles. The summed E-state index contributed by atoms with van der Waals surface area (Å²) in [6.07, 6.45) is 2.12. The molecule has 3 rings (SSSR count). The van der Waals surface area contributed by atoms with E-state index in [1.807, 2.05) is 48.5 Å². The maximum Gasteiger partial charge on any atom is 0.244 e. The lowest BCUT2D eigenvalue weighted by molar-refractivity contribution is -0.424. The Morgan fingerprint density at radius 3 is 2.00 bits per heavy atom. The minimum atomic E-state index is 0. The molecule has 0 fully saturated rings. The molecule has 0 bridgehead atoms. The van der Waals surface area contributed by atoms with Gasteiger partial charge in [0.1, 0.15) is 24.5 Å². The largest absolute Gasteiger partial charge is 1.00 e. The Labute approximate surface area is 134 Å². The minimum Gasteiger partial charge on any atom is -1.00 e. The van der Waals surface area contributed by atoms with Crippen LogP contribution in [0.4, 0.5) is 11.4 Å². The fourth-order valence-electron chi connectivity index (χ4n) is 2.16. The van der Waals surface area contributed by atoms with Gasteiger partial charge in [-0.05, 0) is 48.5 Å². The molecule has 0 N–H and O–H groups in total. The molecule has 0 atom stereocenters. The molecule has 0 unspecified atom stereocenters. The summed E-state index contributed by atoms with van der Waals surface area (Å²) in [4.78, 5) is 2.21. The third-order valence-electron chi connectivity index (χ3n) is 3.18. The first-order valence-corrected chi connectivity index (χ1v) is 6.87. The summed E-state index contributed by atoms with van der Waals surface area (Å²) in [5, 5.41) is 1.52. The zero-order valence-electron chi connectivity index (χ0n) is 10.6. The Bertz CT molecular complexity index is 606. The van der Waals surface area contributed by atoms with Crippen molar-refractivity contribution < 1.29 is 17.0 Å². The molecule has 0 spiro atoms. The predicted molar refractivity (Wildman–Crippen MR) is 81.1 cm³/mol. The molecule has 104 valence electrons. The SMILES string of the molecule is Clc1ccc(N2C=[N+](c3ccc(Cl)cc3)CC2)cc1.[Cl-]. The monoisotopic (exact) mass is 326 g/mol. The molecule has 0 amide bonds. The van der Waals surface area contributed by atoms with Gasteiger partial charge >= 0.3 is 0 Å². The summed E-state index contributed by atoms with van der Waals surface area (Å²) >= 11 is 11.8. The van der Waals surface area contributed by atoms with Crippen molar-refractivity contribution in [2.24, 2.45) is 0 Å². The van der Waals surface area contributed by atoms with Crippen molar-refractivity contribution in [3.63, 3.8) is 0 Å². The Morgan fingerprint density at radius 2 is 1.40 bits per heavy atom. The molecule has 5 heteroatoms. The van der Waals surface area contributed by atoms with Crippen molar-refractivity contribution in [2.75, 3.05) is 18.0 Å². The highest BCUT2D eigenvalue weighted by Crippen LogP contribution is 2.21. The quantitative estimate of drug-likeness (QED) is 0.751. The van der Waals surface area contributed by atoms with Crippen LogP contribution in [-0.4, -0.2) is 24.0 Å². The normalized spacial score (nSPS) is 13.9. The highest BCUT2D eigenvalue weighted by molar-refractivity contribution is 6.30. The number of hydrogen-bond donors (Lipinski definition) is 0. The minimum absolute atomic E-state index is 0. The molecule has 0 radical (unpaired) electrons. The lowest BCUT2D eigenvalue weighted by atomic mass is 10.3. The van der Waals surface area contributed by atoms with Crippen LogP contribution in [0.5, 0.6) is 0 Å². The predicted octanol–water partition coefficient (Wildman–Crippen LogP) is 1.19. The first-order chi connectivity index (χ1) is 9.22. The van der Waals surface area contributed by atoms with Crippen LogP contribution in [0, 0.1) is 0 Å². The van der Waals surface area contributed by atoms with E-state index in [0.29, 0.717) is 0 Å². The molecule has 1 heterocycles. The summed E-state index contributed by atoms with van der Waals surface area (Å²) in [5.74, 6) is 0. The van der Waals surface area contributed by atoms with Gasteiger partial charge < -0.3 is 12.4 Å². The Hall–Kier alpha value is -1.22. The second kappa shape index (κ2) is 6.49. The van der Waals surface area contributed by atoms with Gasteiger partial charge in [0.2, 0.25) is 6.34 Å². The number of benzene rings is 2. The van der Waals surface area contributed by atoms with Crippen LogP contribution in [-0.2, 0) is 0 Å². The smallest absolute Gasteiger partial charge is 0.244 e. The summed E-state index contributed by atoms with van der Waals surface area (Å²) in [6.45, 7) is 1.93. The van der Waals surface area contributed by atoms with Crippen molar-refractivity contribution in [2.45, 2.75) is 0 Å². The first-order valence-electron chi connectivity index (χ1n) is 6.12. The van der Waals surface area contributed by atoms with Gasteiger partial charge in [-0.1, -0.05) is 23.2 Å². The standard InChI is InChI=1S/C15H13Cl2N2.ClH/c16-12-1-5-14(6-2-12)18-9-10-19(11-18)15-7-3-13(17)4-8-15;/h1-8,11H,9-10H2;1H/q+1;/p-1. The average molecular weight is 328 g/mol. The fraction of sp³-hybridized carbons (Fsp3) is 0.133. The highest BCUT2D eigenvalue weighted by atomic mass is 35.5. The summed E-state index contributed by atoms with van der Waals surface area (Å²) in [6, 6.07) is 15.8. The topological polar surface area (TPSA) is 6.25 Å². The van der Waals surface area contributed by atoms with Crippen molar-refractivity contribution in [1.82, 2.24) is 0 Å². The molecule has 0 saturated heterocycles. The van der Waals surface area contributed by atoms with E-state index in [4.69, 9.17) is 23.2 Å². The van der Waals surface area contributed by atoms with Crippen molar-refractivity contribution in [1.29, 1.82) is 0 Å². The van der Waals surface area contributed by atoms with E-state index in [0.717, 1.165) is 34.5 Å². The van der Waals surface area contributed by atoms with Crippen LogP contribution in [0.25, 0.3) is 0 Å². The van der Waals surface area contributed by atoms with E-state index in [-0.39, 0.29) is 12.4 Å². The summed E-state index contributed by atoms with van der Waals surface area (Å²) in [7, 11) is 0. The van der Waals surface area contributed by atoms with E-state index < -0.39 is 0 Å². The first kappa shape index (κ1) is 15.2. The van der Waals surface area contributed by atoms with Gasteiger partial charge in [0.05, 0.1) is 0 Å². The van der Waals surface area contributed by atoms with Gasteiger partial charge in [-0.3, -0.25) is 0 Å². The van der Waals surface area contributed by atoms with E-state index in [1.165, 1.54) is 0 Å². The Balaban J connectivity index is 0.00000147. The zero-order valence-corrected chi connectivity index (χ0v) is 12.9. The van der Waals surface area contributed by atoms with Gasteiger partial charge in [0, 0.05) is 10.0 Å². The molecule has 0 aromatic heterocycles. The fourth-order valence-corrected chi connectivity index (χ4v) is 2.41. The third-order valence-corrected chi connectivity index (χ3v) is 3.68. The number of hydrogen-bond acceptors (Lipinski definition) is 1. The Kier molecular flexibility index (Phi) is 4.92. The second-order valence-electron chi connectivity index (χ2n) is 4.46. The van der Waals surface area contributed by atoms with Crippen molar-refractivity contribution in [3.8, 4) is 0 Å². The average Bonchev–Trinajstić information content (AvgIpc) is 2.90. The van der Waals surface area contributed by atoms with Gasteiger partial charge in [-0.25, -0.2) is 9.48 Å². The van der Waals surface area contributed by atoms with Crippen LogP contribution in [0.1, 0.15) is 0 Å². The number of rotatable bonds is 2. The molecule has 0 aliphatic carbocycles. The number of anilines is 1. The summed E-state index contributed by atoms with van der Waals surface area (Å²) in [5.41, 5.74) is 2.31. The van der Waals surface area contributed by atoms with Gasteiger partial charge in [-0.15, -0.1) is 0 Å². The van der Waals surface area contributed by atoms with Crippen LogP contribution in [0.3, 0.4) is 0 Å². The van der Waals surface area contributed by atoms with E-state index in [1.54, 1.807) is 0 Å². The molecule has 0 saturated carbocycles. The molecule has 20 heavy (non-hydrogen) atoms. The summed E-state index contributed by atoms with van der Waals surface area (Å²) < 4.78 is 2.21. The van der Waals surface area contributed by atoms with Crippen LogP contribution in [0.15, 0.2) is 48.5 Å². The van der Waals surface area contributed by atoms with Gasteiger partial charge in [0.15, 0.2) is 0 Å². The molecule has 1 aliphatic rings. The highest BCUT2D eigenvalue weighted by Gasteiger charge is 2.22. The van der Waals surface area contributed by atoms with E-state index in [9.17, 15) is 0 Å². The van der Waals surface area contributed by atoms with Crippen LogP contribution >= 0.6 is 23.2 Å². The maximum atomic E-state index is 5.91. The Morgan fingerprint density at radius 1 is 0.850 bits per heavy atom. The number of nitrogens with zero attached hydrogens (tertiary/aromatic N) is 2. The van der Waals surface area contributed by atoms with E-state index >= 15 is 0 Å². The zero-order chi connectivity index (χ0) is 13.2. The second-order valence-corrected chi connectivity index (χ2v) is 5.33. The van der Waals surface area contributed by atoms with Crippen molar-refractivity contribution >= 4 is 40.9 Å². The van der Waals surface area contributed by atoms with Crippen LogP contribution < -0.4 is 17.3 Å². The van der Waals surface area contributed by atoms with E-state index in [2.05, 4.69) is 15.8 Å². The molecule has 2 aromatic rings. The third kappa shape index (κ3) is 3.26. The van der Waals surface area contributed by atoms with Crippen molar-refractivity contribution in [3.05, 3.63) is 58.6 Å².